The van der Waals surface area contributed by atoms with Crippen LogP contribution in [0.2, 0.25) is 0 Å². The first kappa shape index (κ1) is 15.4. The molecule has 0 spiro atoms. The van der Waals surface area contributed by atoms with E-state index in [1.54, 1.807) is 11.8 Å². The van der Waals surface area contributed by atoms with Crippen LogP contribution in [0.25, 0.3) is 0 Å². The number of nitrogens with zero attached hydrogens (tertiary/aromatic N) is 2. The highest BCUT2D eigenvalue weighted by Crippen LogP contribution is 2.24. The Morgan fingerprint density at radius 2 is 1.83 bits per heavy atom. The molecule has 3 rings (SSSR count). The van der Waals surface area contributed by atoms with Crippen molar-refractivity contribution in [2.75, 3.05) is 0 Å². The van der Waals surface area contributed by atoms with Crippen LogP contribution in [0.5, 0.6) is 0 Å². The summed E-state index contributed by atoms with van der Waals surface area (Å²) in [7, 11) is 0. The molecule has 0 atom stereocenters. The van der Waals surface area contributed by atoms with Gasteiger partial charge in [-0.15, -0.1) is 0 Å². The Labute approximate surface area is 140 Å². The average Bonchev–Trinajstić information content (AvgIpc) is 2.94. The van der Waals surface area contributed by atoms with Crippen molar-refractivity contribution in [3.63, 3.8) is 0 Å². The zero-order valence-electron chi connectivity index (χ0n) is 12.9. The Kier molecular flexibility index (Phi) is 4.80. The van der Waals surface area contributed by atoms with Crippen LogP contribution >= 0.6 is 11.8 Å². The van der Waals surface area contributed by atoms with Gasteiger partial charge in [0, 0.05) is 17.9 Å². The van der Waals surface area contributed by atoms with Crippen LogP contribution < -0.4 is 0 Å². The summed E-state index contributed by atoms with van der Waals surface area (Å²) < 4.78 is 0. The molecule has 1 aromatic heterocycles. The fourth-order valence-electron chi connectivity index (χ4n) is 2.40. The lowest BCUT2D eigenvalue weighted by Gasteiger charge is -2.01. The Hall–Kier alpha value is -2.51. The molecule has 114 valence electrons. The van der Waals surface area contributed by atoms with E-state index in [1.165, 1.54) is 5.56 Å². The van der Waals surface area contributed by atoms with Gasteiger partial charge in [0.1, 0.15) is 0 Å². The number of hydrogen-bond acceptors (Lipinski definition) is 3. The highest BCUT2D eigenvalue weighted by molar-refractivity contribution is 7.98. The molecular weight excluding hydrogens is 302 g/mol. The fourth-order valence-corrected chi connectivity index (χ4v) is 3.34. The van der Waals surface area contributed by atoms with Crippen molar-refractivity contribution in [2.45, 2.75) is 24.3 Å². The van der Waals surface area contributed by atoms with Gasteiger partial charge in [-0.1, -0.05) is 60.3 Å². The number of thioether (sulfide) groups is 1. The van der Waals surface area contributed by atoms with Crippen LogP contribution in [-0.2, 0) is 12.2 Å². The predicted molar refractivity (Wildman–Crippen MR) is 93.3 cm³/mol. The Bertz CT molecular complexity index is 831. The van der Waals surface area contributed by atoms with Gasteiger partial charge in [-0.2, -0.15) is 5.26 Å². The molecule has 0 saturated heterocycles. The van der Waals surface area contributed by atoms with Crippen molar-refractivity contribution in [3.05, 3.63) is 82.7 Å². The molecule has 0 radical (unpaired) electrons. The lowest BCUT2D eigenvalue weighted by Crippen LogP contribution is -1.90. The van der Waals surface area contributed by atoms with Gasteiger partial charge in [-0.3, -0.25) is 0 Å². The summed E-state index contributed by atoms with van der Waals surface area (Å²) in [4.78, 5) is 8.04. The molecular formula is C19H17N3S. The predicted octanol–water partition coefficient (Wildman–Crippen LogP) is 4.47. The molecule has 0 aliphatic rings. The van der Waals surface area contributed by atoms with Gasteiger partial charge in [-0.25, -0.2) is 4.98 Å². The number of nitrogens with one attached hydrogen (secondary N) is 1. The van der Waals surface area contributed by atoms with Crippen molar-refractivity contribution in [1.29, 1.82) is 5.26 Å². The number of benzene rings is 2. The van der Waals surface area contributed by atoms with E-state index in [-0.39, 0.29) is 0 Å². The molecule has 2 aromatic carbocycles. The third-order valence-electron chi connectivity index (χ3n) is 3.68. The maximum absolute atomic E-state index is 9.15. The monoisotopic (exact) mass is 319 g/mol. The zero-order valence-corrected chi connectivity index (χ0v) is 13.7. The standard InChI is InChI=1S/C19H17N3S/c1-14-18(11-15-7-3-2-4-8-15)22-19(21-14)23-13-17-10-6-5-9-16(17)12-20/h2-10H,11,13H2,1H3,(H,21,22). The fraction of sp³-hybridized carbons (Fsp3) is 0.158. The molecule has 1 heterocycles. The maximum Gasteiger partial charge on any atom is 0.166 e. The molecule has 3 aromatic rings. The van der Waals surface area contributed by atoms with Crippen LogP contribution in [0.3, 0.4) is 0 Å². The number of hydrogen-bond donors (Lipinski definition) is 1. The first-order valence-electron chi connectivity index (χ1n) is 7.46. The highest BCUT2D eigenvalue weighted by atomic mass is 32.2. The summed E-state index contributed by atoms with van der Waals surface area (Å²) >= 11 is 1.63. The SMILES string of the molecule is Cc1[nH]c(SCc2ccccc2C#N)nc1Cc1ccccc1. The molecule has 0 aliphatic carbocycles. The number of nitriles is 1. The molecule has 0 unspecified atom stereocenters. The summed E-state index contributed by atoms with van der Waals surface area (Å²) in [6.45, 7) is 2.05. The van der Waals surface area contributed by atoms with E-state index in [0.717, 1.165) is 39.8 Å². The van der Waals surface area contributed by atoms with E-state index in [2.05, 4.69) is 30.1 Å². The van der Waals surface area contributed by atoms with Crippen molar-refractivity contribution in [3.8, 4) is 6.07 Å². The van der Waals surface area contributed by atoms with Crippen LogP contribution in [0.1, 0.15) is 28.1 Å². The molecule has 0 saturated carbocycles. The average molecular weight is 319 g/mol. The Balaban J connectivity index is 1.70. The lowest BCUT2D eigenvalue weighted by molar-refractivity contribution is 1.01. The number of rotatable bonds is 5. The maximum atomic E-state index is 9.15. The minimum absolute atomic E-state index is 0.729. The quantitative estimate of drug-likeness (QED) is 0.706. The van der Waals surface area contributed by atoms with Gasteiger partial charge in [-0.05, 0) is 24.1 Å². The Morgan fingerprint density at radius 3 is 2.61 bits per heavy atom. The highest BCUT2D eigenvalue weighted by Gasteiger charge is 2.09. The Morgan fingerprint density at radius 1 is 1.09 bits per heavy atom. The van der Waals surface area contributed by atoms with Gasteiger partial charge in [0.05, 0.1) is 17.3 Å². The molecule has 4 heteroatoms. The van der Waals surface area contributed by atoms with E-state index in [0.29, 0.717) is 0 Å². The number of H-pyrrole nitrogens is 1. The van der Waals surface area contributed by atoms with Gasteiger partial charge in [0.25, 0.3) is 0 Å². The van der Waals surface area contributed by atoms with E-state index in [1.807, 2.05) is 42.5 Å². The number of aromatic amines is 1. The number of aromatic nitrogens is 2. The van der Waals surface area contributed by atoms with Gasteiger partial charge >= 0.3 is 0 Å². The van der Waals surface area contributed by atoms with E-state index >= 15 is 0 Å². The van der Waals surface area contributed by atoms with Crippen LogP contribution in [0.15, 0.2) is 59.8 Å². The second-order valence-corrected chi connectivity index (χ2v) is 6.30. The largest absolute Gasteiger partial charge is 0.337 e. The van der Waals surface area contributed by atoms with Crippen molar-refractivity contribution >= 4 is 11.8 Å². The number of imidazole rings is 1. The summed E-state index contributed by atoms with van der Waals surface area (Å²) in [6, 6.07) is 20.3. The third kappa shape index (κ3) is 3.82. The molecule has 23 heavy (non-hydrogen) atoms. The molecule has 0 bridgehead atoms. The third-order valence-corrected chi connectivity index (χ3v) is 4.60. The van der Waals surface area contributed by atoms with E-state index in [9.17, 15) is 0 Å². The van der Waals surface area contributed by atoms with Crippen LogP contribution in [0, 0.1) is 18.3 Å². The van der Waals surface area contributed by atoms with Gasteiger partial charge in [0.2, 0.25) is 0 Å². The van der Waals surface area contributed by atoms with Crippen molar-refractivity contribution in [1.82, 2.24) is 9.97 Å². The first-order chi connectivity index (χ1) is 11.3. The van der Waals surface area contributed by atoms with E-state index in [4.69, 9.17) is 10.2 Å². The second kappa shape index (κ2) is 7.17. The van der Waals surface area contributed by atoms with Crippen LogP contribution in [0.4, 0.5) is 0 Å². The smallest absolute Gasteiger partial charge is 0.166 e. The minimum atomic E-state index is 0.729. The normalized spacial score (nSPS) is 10.4. The zero-order chi connectivity index (χ0) is 16.1. The summed E-state index contributed by atoms with van der Waals surface area (Å²) in [5, 5.41) is 10.0. The van der Waals surface area contributed by atoms with Gasteiger partial charge < -0.3 is 4.98 Å². The minimum Gasteiger partial charge on any atom is -0.337 e. The van der Waals surface area contributed by atoms with E-state index < -0.39 is 0 Å². The second-order valence-electron chi connectivity index (χ2n) is 5.33. The summed E-state index contributed by atoms with van der Waals surface area (Å²) in [6.07, 6.45) is 0.832. The van der Waals surface area contributed by atoms with Crippen molar-refractivity contribution in [2.24, 2.45) is 0 Å². The molecule has 1 N–H and O–H groups in total. The van der Waals surface area contributed by atoms with Crippen LogP contribution in [-0.4, -0.2) is 9.97 Å². The van der Waals surface area contributed by atoms with Crippen molar-refractivity contribution < 1.29 is 0 Å². The summed E-state index contributed by atoms with van der Waals surface area (Å²) in [5.41, 5.74) is 5.21. The van der Waals surface area contributed by atoms with Gasteiger partial charge in [0.15, 0.2) is 5.16 Å². The lowest BCUT2D eigenvalue weighted by atomic mass is 10.1. The molecule has 0 fully saturated rings. The number of aryl methyl sites for hydroxylation is 1. The first-order valence-corrected chi connectivity index (χ1v) is 8.45. The summed E-state index contributed by atoms with van der Waals surface area (Å²) in [5.74, 6) is 0.738. The molecule has 0 amide bonds. The molecule has 0 aliphatic heterocycles. The molecule has 3 nitrogen and oxygen atoms in total. The topological polar surface area (TPSA) is 52.5 Å².